The van der Waals surface area contributed by atoms with Crippen LogP contribution in [-0.4, -0.2) is 54.2 Å². The lowest BCUT2D eigenvalue weighted by Gasteiger charge is -2.45. The first kappa shape index (κ1) is 15.0. The first-order valence-electron chi connectivity index (χ1n) is 8.25. The molecule has 3 rings (SSSR count). The van der Waals surface area contributed by atoms with Gasteiger partial charge in [-0.1, -0.05) is 31.2 Å². The molecule has 0 amide bonds. The monoisotopic (exact) mass is 288 g/mol. The van der Waals surface area contributed by atoms with Crippen LogP contribution in [0.4, 0.5) is 0 Å². The minimum atomic E-state index is -0.335. The van der Waals surface area contributed by atoms with Gasteiger partial charge in [0.2, 0.25) is 0 Å². The first-order chi connectivity index (χ1) is 10.1. The number of aliphatic hydroxyl groups excluding tert-OH is 1. The Morgan fingerprint density at radius 1 is 1.19 bits per heavy atom. The number of benzene rings is 1. The molecule has 2 aliphatic rings. The molecule has 0 bridgehead atoms. The van der Waals surface area contributed by atoms with Crippen molar-refractivity contribution in [2.24, 2.45) is 0 Å². The Hall–Kier alpha value is -0.900. The zero-order valence-electron chi connectivity index (χ0n) is 13.5. The SMILES string of the molecule is CC1CC(N2CCCC(N(C)C)C2)C(O)c2ccccc21. The number of hydrogen-bond donors (Lipinski definition) is 1. The van der Waals surface area contributed by atoms with Crippen LogP contribution in [0.15, 0.2) is 24.3 Å². The van der Waals surface area contributed by atoms with Crippen LogP contribution in [0.5, 0.6) is 0 Å². The molecule has 21 heavy (non-hydrogen) atoms. The summed E-state index contributed by atoms with van der Waals surface area (Å²) < 4.78 is 0. The maximum absolute atomic E-state index is 10.9. The van der Waals surface area contributed by atoms with E-state index in [1.807, 2.05) is 0 Å². The van der Waals surface area contributed by atoms with E-state index in [2.05, 4.69) is 55.1 Å². The summed E-state index contributed by atoms with van der Waals surface area (Å²) in [6.07, 6.45) is 3.25. The van der Waals surface area contributed by atoms with Crippen LogP contribution in [0.3, 0.4) is 0 Å². The Labute approximate surface area is 128 Å². The number of piperidine rings is 1. The number of likely N-dealkylation sites (tertiary alicyclic amines) is 1. The van der Waals surface area contributed by atoms with Gasteiger partial charge < -0.3 is 10.0 Å². The molecule has 4 unspecified atom stereocenters. The minimum absolute atomic E-state index is 0.276. The van der Waals surface area contributed by atoms with Gasteiger partial charge in [0.25, 0.3) is 0 Å². The number of fused-ring (bicyclic) bond motifs is 1. The lowest BCUT2D eigenvalue weighted by molar-refractivity contribution is 0.00358. The number of aliphatic hydroxyl groups is 1. The zero-order chi connectivity index (χ0) is 15.0. The Morgan fingerprint density at radius 2 is 1.90 bits per heavy atom. The molecule has 1 aromatic carbocycles. The molecule has 1 saturated heterocycles. The Morgan fingerprint density at radius 3 is 2.62 bits per heavy atom. The van der Waals surface area contributed by atoms with E-state index in [0.29, 0.717) is 12.0 Å². The number of hydrogen-bond acceptors (Lipinski definition) is 3. The molecule has 1 heterocycles. The van der Waals surface area contributed by atoms with Gasteiger partial charge in [0.05, 0.1) is 6.10 Å². The van der Waals surface area contributed by atoms with E-state index in [9.17, 15) is 5.11 Å². The summed E-state index contributed by atoms with van der Waals surface area (Å²) in [7, 11) is 4.34. The predicted octanol–water partition coefficient (Wildman–Crippen LogP) is 2.62. The van der Waals surface area contributed by atoms with Crippen molar-refractivity contribution in [1.29, 1.82) is 0 Å². The van der Waals surface area contributed by atoms with Crippen LogP contribution in [0.25, 0.3) is 0 Å². The summed E-state index contributed by atoms with van der Waals surface area (Å²) in [5.74, 6) is 0.536. The van der Waals surface area contributed by atoms with E-state index in [-0.39, 0.29) is 12.1 Å². The molecule has 1 aromatic rings. The van der Waals surface area contributed by atoms with Crippen LogP contribution >= 0.6 is 0 Å². The summed E-state index contributed by atoms with van der Waals surface area (Å²) in [6.45, 7) is 4.51. The fourth-order valence-electron chi connectivity index (χ4n) is 4.11. The summed E-state index contributed by atoms with van der Waals surface area (Å²) in [5, 5.41) is 10.9. The van der Waals surface area contributed by atoms with E-state index < -0.39 is 0 Å². The largest absolute Gasteiger partial charge is 0.387 e. The average molecular weight is 288 g/mol. The van der Waals surface area contributed by atoms with Gasteiger partial charge in [-0.25, -0.2) is 0 Å². The quantitative estimate of drug-likeness (QED) is 0.906. The van der Waals surface area contributed by atoms with Crippen LogP contribution in [0, 0.1) is 0 Å². The summed E-state index contributed by atoms with van der Waals surface area (Å²) in [5.41, 5.74) is 2.48. The molecule has 1 aliphatic carbocycles. The highest BCUT2D eigenvalue weighted by atomic mass is 16.3. The second-order valence-corrected chi connectivity index (χ2v) is 7.03. The fourth-order valence-corrected chi connectivity index (χ4v) is 4.11. The van der Waals surface area contributed by atoms with Gasteiger partial charge in [-0.2, -0.15) is 0 Å². The zero-order valence-corrected chi connectivity index (χ0v) is 13.5. The van der Waals surface area contributed by atoms with Crippen LogP contribution in [0.2, 0.25) is 0 Å². The third-order valence-electron chi connectivity index (χ3n) is 5.43. The van der Waals surface area contributed by atoms with Crippen LogP contribution in [-0.2, 0) is 0 Å². The van der Waals surface area contributed by atoms with E-state index in [1.165, 1.54) is 18.4 Å². The number of rotatable bonds is 2. The topological polar surface area (TPSA) is 26.7 Å². The molecule has 0 radical (unpaired) electrons. The smallest absolute Gasteiger partial charge is 0.0948 e. The van der Waals surface area contributed by atoms with Gasteiger partial charge in [-0.15, -0.1) is 0 Å². The van der Waals surface area contributed by atoms with Gasteiger partial charge in [0.15, 0.2) is 0 Å². The number of nitrogens with zero attached hydrogens (tertiary/aromatic N) is 2. The lowest BCUT2D eigenvalue weighted by Crippen LogP contribution is -2.52. The van der Waals surface area contributed by atoms with Crippen molar-refractivity contribution in [2.75, 3.05) is 27.2 Å². The molecule has 4 atom stereocenters. The standard InChI is InChI=1S/C18H28N2O/c1-13-11-17(18(21)16-9-5-4-8-15(13)16)20-10-6-7-14(12-20)19(2)3/h4-5,8-9,13-14,17-18,21H,6-7,10-12H2,1-3H3. The molecule has 1 fully saturated rings. The van der Waals surface area contributed by atoms with Gasteiger partial charge >= 0.3 is 0 Å². The maximum Gasteiger partial charge on any atom is 0.0948 e. The molecule has 1 N–H and O–H groups in total. The molecule has 3 nitrogen and oxygen atoms in total. The Kier molecular flexibility index (Phi) is 4.34. The van der Waals surface area contributed by atoms with Crippen molar-refractivity contribution in [2.45, 2.75) is 50.3 Å². The van der Waals surface area contributed by atoms with Crippen molar-refractivity contribution in [3.8, 4) is 0 Å². The van der Waals surface area contributed by atoms with Gasteiger partial charge in [0, 0.05) is 18.6 Å². The predicted molar refractivity (Wildman–Crippen MR) is 86.5 cm³/mol. The maximum atomic E-state index is 10.9. The van der Waals surface area contributed by atoms with Gasteiger partial charge in [0.1, 0.15) is 0 Å². The third kappa shape index (κ3) is 2.87. The van der Waals surface area contributed by atoms with Crippen molar-refractivity contribution in [1.82, 2.24) is 9.80 Å². The average Bonchev–Trinajstić information content (AvgIpc) is 2.51. The highest BCUT2D eigenvalue weighted by Crippen LogP contribution is 2.40. The van der Waals surface area contributed by atoms with E-state index in [1.54, 1.807) is 0 Å². The highest BCUT2D eigenvalue weighted by Gasteiger charge is 2.37. The van der Waals surface area contributed by atoms with Crippen LogP contribution < -0.4 is 0 Å². The molecule has 3 heteroatoms. The Bertz CT molecular complexity index is 488. The second kappa shape index (κ2) is 6.07. The van der Waals surface area contributed by atoms with Crippen molar-refractivity contribution < 1.29 is 5.11 Å². The number of likely N-dealkylation sites (N-methyl/N-ethyl adjacent to an activating group) is 1. The van der Waals surface area contributed by atoms with Crippen molar-refractivity contribution in [3.05, 3.63) is 35.4 Å². The molecule has 0 aromatic heterocycles. The minimum Gasteiger partial charge on any atom is -0.387 e. The molecule has 1 aliphatic heterocycles. The normalized spacial score (nSPS) is 34.0. The van der Waals surface area contributed by atoms with E-state index >= 15 is 0 Å². The fraction of sp³-hybridized carbons (Fsp3) is 0.667. The lowest BCUT2D eigenvalue weighted by atomic mass is 9.78. The molecular weight excluding hydrogens is 260 g/mol. The molecule has 0 saturated carbocycles. The van der Waals surface area contributed by atoms with Gasteiger partial charge in [-0.05, 0) is 56.9 Å². The van der Waals surface area contributed by atoms with Gasteiger partial charge in [-0.3, -0.25) is 4.90 Å². The summed E-state index contributed by atoms with van der Waals surface area (Å²) in [6, 6.07) is 9.33. The third-order valence-corrected chi connectivity index (χ3v) is 5.43. The first-order valence-corrected chi connectivity index (χ1v) is 8.25. The Balaban J connectivity index is 1.80. The molecular formula is C18H28N2O. The molecule has 0 spiro atoms. The molecule has 116 valence electrons. The van der Waals surface area contributed by atoms with E-state index in [4.69, 9.17) is 0 Å². The second-order valence-electron chi connectivity index (χ2n) is 7.03. The summed E-state index contributed by atoms with van der Waals surface area (Å²) in [4.78, 5) is 4.87. The summed E-state index contributed by atoms with van der Waals surface area (Å²) >= 11 is 0. The van der Waals surface area contributed by atoms with E-state index in [0.717, 1.165) is 25.1 Å². The van der Waals surface area contributed by atoms with Crippen molar-refractivity contribution in [3.63, 3.8) is 0 Å². The van der Waals surface area contributed by atoms with Crippen molar-refractivity contribution >= 4 is 0 Å². The highest BCUT2D eigenvalue weighted by molar-refractivity contribution is 5.35. The van der Waals surface area contributed by atoms with Crippen LogP contribution in [0.1, 0.15) is 49.3 Å².